The zero-order valence-electron chi connectivity index (χ0n) is 11.9. The van der Waals surface area contributed by atoms with E-state index in [1.807, 2.05) is 7.11 Å². The van der Waals surface area contributed by atoms with Gasteiger partial charge in [-0.3, -0.25) is 4.90 Å². The summed E-state index contributed by atoms with van der Waals surface area (Å²) in [6.07, 6.45) is 2.47. The van der Waals surface area contributed by atoms with Crippen molar-refractivity contribution in [3.8, 4) is 0 Å². The van der Waals surface area contributed by atoms with Crippen LogP contribution in [0.4, 0.5) is 0 Å². The lowest BCUT2D eigenvalue weighted by Gasteiger charge is -2.53. The molecule has 0 radical (unpaired) electrons. The van der Waals surface area contributed by atoms with Crippen LogP contribution in [0.25, 0.3) is 0 Å². The lowest BCUT2D eigenvalue weighted by molar-refractivity contribution is -0.195. The number of methoxy groups -OCH3 is 1. The molecule has 2 aliphatic rings. The van der Waals surface area contributed by atoms with Crippen LogP contribution in [0.3, 0.4) is 0 Å². The Morgan fingerprint density at radius 3 is 2.74 bits per heavy atom. The molecule has 0 amide bonds. The molecule has 1 spiro atoms. The smallest absolute Gasteiger partial charge is 0.0959 e. The van der Waals surface area contributed by atoms with Gasteiger partial charge in [0.05, 0.1) is 11.7 Å². The Balaban J connectivity index is 1.53. The van der Waals surface area contributed by atoms with Crippen molar-refractivity contribution in [2.75, 3.05) is 26.8 Å². The van der Waals surface area contributed by atoms with Gasteiger partial charge in [0.25, 0.3) is 0 Å². The number of rotatable bonds is 3. The second-order valence-corrected chi connectivity index (χ2v) is 6.01. The summed E-state index contributed by atoms with van der Waals surface area (Å²) in [5.74, 6) is 0. The summed E-state index contributed by atoms with van der Waals surface area (Å²) < 4.78 is 11.5. The molecule has 3 nitrogen and oxygen atoms in total. The number of hydrogen-bond acceptors (Lipinski definition) is 3. The number of likely N-dealkylation sites (tertiary alicyclic amines) is 1. The molecular formula is C16H23NO2. The van der Waals surface area contributed by atoms with Crippen LogP contribution >= 0.6 is 0 Å². The predicted molar refractivity (Wildman–Crippen MR) is 75.2 cm³/mol. The first-order valence-electron chi connectivity index (χ1n) is 7.14. The molecule has 1 atom stereocenters. The maximum atomic E-state index is 6.00. The summed E-state index contributed by atoms with van der Waals surface area (Å²) in [6, 6.07) is 8.81. The highest BCUT2D eigenvalue weighted by molar-refractivity contribution is 5.21. The van der Waals surface area contributed by atoms with E-state index in [1.54, 1.807) is 0 Å². The van der Waals surface area contributed by atoms with E-state index in [9.17, 15) is 0 Å². The van der Waals surface area contributed by atoms with E-state index in [0.29, 0.717) is 6.10 Å². The van der Waals surface area contributed by atoms with Gasteiger partial charge in [0, 0.05) is 39.8 Å². The molecule has 2 saturated heterocycles. The lowest BCUT2D eigenvalue weighted by atomic mass is 9.84. The van der Waals surface area contributed by atoms with Crippen molar-refractivity contribution >= 4 is 0 Å². The highest BCUT2D eigenvalue weighted by atomic mass is 16.5. The summed E-state index contributed by atoms with van der Waals surface area (Å²) >= 11 is 0. The SMILES string of the molecule is CO[C@@H]1CCOC2(C1)CN(Cc1ccc(C)cc1)C2. The fourth-order valence-corrected chi connectivity index (χ4v) is 3.24. The van der Waals surface area contributed by atoms with Gasteiger partial charge in [-0.2, -0.15) is 0 Å². The molecular weight excluding hydrogens is 238 g/mol. The van der Waals surface area contributed by atoms with Gasteiger partial charge in [0.1, 0.15) is 0 Å². The summed E-state index contributed by atoms with van der Waals surface area (Å²) in [5, 5.41) is 0. The molecule has 104 valence electrons. The van der Waals surface area contributed by atoms with Gasteiger partial charge in [-0.05, 0) is 18.9 Å². The minimum Gasteiger partial charge on any atom is -0.381 e. The quantitative estimate of drug-likeness (QED) is 0.834. The highest BCUT2D eigenvalue weighted by Gasteiger charge is 2.47. The van der Waals surface area contributed by atoms with Crippen molar-refractivity contribution in [2.45, 2.75) is 38.0 Å². The average molecular weight is 261 g/mol. The molecule has 3 rings (SSSR count). The van der Waals surface area contributed by atoms with Crippen LogP contribution in [0, 0.1) is 6.92 Å². The molecule has 19 heavy (non-hydrogen) atoms. The first-order valence-corrected chi connectivity index (χ1v) is 7.14. The zero-order valence-corrected chi connectivity index (χ0v) is 11.9. The van der Waals surface area contributed by atoms with Crippen LogP contribution in [0.2, 0.25) is 0 Å². The topological polar surface area (TPSA) is 21.7 Å². The van der Waals surface area contributed by atoms with Gasteiger partial charge in [0.15, 0.2) is 0 Å². The third-order valence-electron chi connectivity index (χ3n) is 4.33. The van der Waals surface area contributed by atoms with E-state index in [-0.39, 0.29) is 5.60 Å². The molecule has 2 fully saturated rings. The maximum Gasteiger partial charge on any atom is 0.0959 e. The van der Waals surface area contributed by atoms with Gasteiger partial charge >= 0.3 is 0 Å². The van der Waals surface area contributed by atoms with Crippen molar-refractivity contribution in [1.29, 1.82) is 0 Å². The maximum absolute atomic E-state index is 6.00. The zero-order chi connectivity index (χ0) is 13.3. The van der Waals surface area contributed by atoms with E-state index in [4.69, 9.17) is 9.47 Å². The molecule has 0 aromatic heterocycles. The molecule has 2 heterocycles. The van der Waals surface area contributed by atoms with Gasteiger partial charge < -0.3 is 9.47 Å². The molecule has 0 bridgehead atoms. The number of hydrogen-bond donors (Lipinski definition) is 0. The third kappa shape index (κ3) is 2.83. The normalized spacial score (nSPS) is 26.3. The summed E-state index contributed by atoms with van der Waals surface area (Å²) in [5.41, 5.74) is 2.78. The molecule has 2 aliphatic heterocycles. The van der Waals surface area contributed by atoms with Crippen molar-refractivity contribution in [3.63, 3.8) is 0 Å². The Morgan fingerprint density at radius 2 is 2.05 bits per heavy atom. The number of benzene rings is 1. The van der Waals surface area contributed by atoms with E-state index >= 15 is 0 Å². The molecule has 1 aromatic rings. The van der Waals surface area contributed by atoms with Crippen LogP contribution < -0.4 is 0 Å². The molecule has 1 aromatic carbocycles. The number of ether oxygens (including phenoxy) is 2. The first-order chi connectivity index (χ1) is 9.19. The van der Waals surface area contributed by atoms with Crippen LogP contribution in [0.1, 0.15) is 24.0 Å². The van der Waals surface area contributed by atoms with Crippen LogP contribution in [-0.2, 0) is 16.0 Å². The van der Waals surface area contributed by atoms with Crippen LogP contribution in [0.15, 0.2) is 24.3 Å². The lowest BCUT2D eigenvalue weighted by Crippen LogP contribution is -2.65. The van der Waals surface area contributed by atoms with E-state index in [1.165, 1.54) is 11.1 Å². The summed E-state index contributed by atoms with van der Waals surface area (Å²) in [7, 11) is 1.81. The Morgan fingerprint density at radius 1 is 1.32 bits per heavy atom. The molecule has 0 N–H and O–H groups in total. The molecule has 0 aliphatic carbocycles. The summed E-state index contributed by atoms with van der Waals surface area (Å²) in [4.78, 5) is 2.46. The van der Waals surface area contributed by atoms with E-state index < -0.39 is 0 Å². The Kier molecular flexibility index (Phi) is 3.61. The largest absolute Gasteiger partial charge is 0.381 e. The predicted octanol–water partition coefficient (Wildman–Crippen LogP) is 2.37. The summed E-state index contributed by atoms with van der Waals surface area (Å²) in [6.45, 7) is 6.09. The second-order valence-electron chi connectivity index (χ2n) is 6.01. The highest BCUT2D eigenvalue weighted by Crippen LogP contribution is 2.35. The molecule has 0 saturated carbocycles. The van der Waals surface area contributed by atoms with Crippen molar-refractivity contribution in [1.82, 2.24) is 4.90 Å². The number of aryl methyl sites for hydroxylation is 1. The third-order valence-corrected chi connectivity index (χ3v) is 4.33. The standard InChI is InChI=1S/C16H23NO2/c1-13-3-5-14(6-4-13)10-17-11-16(12-17)9-15(18-2)7-8-19-16/h3-6,15H,7-12H2,1-2H3/t15-/m1/s1. The second kappa shape index (κ2) is 5.23. The van der Waals surface area contributed by atoms with Crippen molar-refractivity contribution in [3.05, 3.63) is 35.4 Å². The van der Waals surface area contributed by atoms with Crippen LogP contribution in [-0.4, -0.2) is 43.4 Å². The Bertz CT molecular complexity index is 423. The molecule has 0 unspecified atom stereocenters. The fraction of sp³-hybridized carbons (Fsp3) is 0.625. The first kappa shape index (κ1) is 13.1. The van der Waals surface area contributed by atoms with Crippen LogP contribution in [0.5, 0.6) is 0 Å². The monoisotopic (exact) mass is 261 g/mol. The average Bonchev–Trinajstić information content (AvgIpc) is 2.40. The van der Waals surface area contributed by atoms with Gasteiger partial charge in [0.2, 0.25) is 0 Å². The molecule has 3 heteroatoms. The van der Waals surface area contributed by atoms with Gasteiger partial charge in [-0.15, -0.1) is 0 Å². The van der Waals surface area contributed by atoms with Gasteiger partial charge in [-0.1, -0.05) is 29.8 Å². The van der Waals surface area contributed by atoms with Crippen molar-refractivity contribution in [2.24, 2.45) is 0 Å². The Labute approximate surface area is 115 Å². The van der Waals surface area contributed by atoms with E-state index in [2.05, 4.69) is 36.1 Å². The minimum atomic E-state index is 0.0730. The minimum absolute atomic E-state index is 0.0730. The number of nitrogens with zero attached hydrogens (tertiary/aromatic N) is 1. The fourth-order valence-electron chi connectivity index (χ4n) is 3.24. The van der Waals surface area contributed by atoms with E-state index in [0.717, 1.165) is 39.1 Å². The van der Waals surface area contributed by atoms with Crippen molar-refractivity contribution < 1.29 is 9.47 Å². The Hall–Kier alpha value is -0.900. The van der Waals surface area contributed by atoms with Gasteiger partial charge in [-0.25, -0.2) is 0 Å².